The third-order valence-electron chi connectivity index (χ3n) is 5.05. The number of likely N-dealkylation sites (tertiary alicyclic amines) is 1. The van der Waals surface area contributed by atoms with E-state index in [-0.39, 0.29) is 0 Å². The quantitative estimate of drug-likeness (QED) is 0.912. The zero-order chi connectivity index (χ0) is 14.8. The molecule has 2 aliphatic rings. The summed E-state index contributed by atoms with van der Waals surface area (Å²) in [6, 6.07) is 4.08. The van der Waals surface area contributed by atoms with Gasteiger partial charge in [-0.25, -0.2) is 9.97 Å². The second-order valence-electron chi connectivity index (χ2n) is 6.64. The second-order valence-corrected chi connectivity index (χ2v) is 6.64. The first-order valence-corrected chi connectivity index (χ1v) is 8.63. The Balaban J connectivity index is 1.57. The molecule has 2 aromatic rings. The molecule has 0 radical (unpaired) electrons. The van der Waals surface area contributed by atoms with Crippen molar-refractivity contribution in [1.29, 1.82) is 0 Å². The average molecular weight is 299 g/mol. The van der Waals surface area contributed by atoms with Crippen molar-refractivity contribution in [2.24, 2.45) is 5.92 Å². The topological polar surface area (TPSA) is 46.0 Å². The minimum Gasteiger partial charge on any atom is -0.316 e. The maximum atomic E-state index is 4.88. The molecule has 118 valence electrons. The molecule has 4 rings (SSSR count). The van der Waals surface area contributed by atoms with Crippen molar-refractivity contribution >= 4 is 11.2 Å². The molecule has 0 spiro atoms. The summed E-state index contributed by atoms with van der Waals surface area (Å²) < 4.78 is 2.37. The van der Waals surface area contributed by atoms with Gasteiger partial charge in [-0.2, -0.15) is 0 Å². The van der Waals surface area contributed by atoms with Crippen molar-refractivity contribution in [2.75, 3.05) is 32.7 Å². The summed E-state index contributed by atoms with van der Waals surface area (Å²) in [5.41, 5.74) is 2.10. The van der Waals surface area contributed by atoms with Gasteiger partial charge in [0.1, 0.15) is 11.3 Å². The van der Waals surface area contributed by atoms with Crippen molar-refractivity contribution in [2.45, 2.75) is 32.2 Å². The van der Waals surface area contributed by atoms with E-state index in [1.807, 2.05) is 12.3 Å². The van der Waals surface area contributed by atoms with Crippen molar-refractivity contribution < 1.29 is 0 Å². The molecule has 2 aromatic heterocycles. The van der Waals surface area contributed by atoms with E-state index in [9.17, 15) is 0 Å². The maximum Gasteiger partial charge on any atom is 0.160 e. The Morgan fingerprint density at radius 3 is 2.95 bits per heavy atom. The van der Waals surface area contributed by atoms with Crippen LogP contribution in [0.25, 0.3) is 11.2 Å². The Bertz CT molecular complexity index is 623. The van der Waals surface area contributed by atoms with Gasteiger partial charge in [0.05, 0.1) is 0 Å². The van der Waals surface area contributed by atoms with Crippen LogP contribution in [-0.4, -0.2) is 52.2 Å². The smallest absolute Gasteiger partial charge is 0.160 e. The summed E-state index contributed by atoms with van der Waals surface area (Å²) in [6.07, 6.45) is 6.93. The molecule has 0 bridgehead atoms. The number of pyridine rings is 1. The lowest BCUT2D eigenvalue weighted by atomic mass is 10.0. The monoisotopic (exact) mass is 299 g/mol. The van der Waals surface area contributed by atoms with Crippen molar-refractivity contribution in [3.8, 4) is 0 Å². The third-order valence-corrected chi connectivity index (χ3v) is 5.05. The van der Waals surface area contributed by atoms with Gasteiger partial charge in [0.15, 0.2) is 5.65 Å². The molecule has 0 saturated carbocycles. The second kappa shape index (κ2) is 6.34. The molecule has 1 atom stereocenters. The van der Waals surface area contributed by atoms with Gasteiger partial charge in [0, 0.05) is 25.7 Å². The van der Waals surface area contributed by atoms with Crippen LogP contribution >= 0.6 is 0 Å². The average Bonchev–Trinajstić information content (AvgIpc) is 3.27. The Kier molecular flexibility index (Phi) is 4.08. The van der Waals surface area contributed by atoms with E-state index in [4.69, 9.17) is 4.98 Å². The summed E-state index contributed by atoms with van der Waals surface area (Å²) in [5, 5.41) is 3.46. The van der Waals surface area contributed by atoms with Crippen LogP contribution in [-0.2, 0) is 13.0 Å². The molecule has 1 N–H and O–H groups in total. The zero-order valence-corrected chi connectivity index (χ0v) is 13.2. The zero-order valence-electron chi connectivity index (χ0n) is 13.2. The van der Waals surface area contributed by atoms with Gasteiger partial charge in [-0.05, 0) is 63.5 Å². The standard InChI is InChI=1S/C17H25N5/c1-2-9-21(8-1)10-11-22-16(12-14-5-7-18-13-14)20-15-4-3-6-19-17(15)22/h3-4,6,14,18H,1-2,5,7-13H2. The number of hydrogen-bond acceptors (Lipinski definition) is 4. The van der Waals surface area contributed by atoms with E-state index in [1.54, 1.807) is 0 Å². The van der Waals surface area contributed by atoms with Gasteiger partial charge in [0.25, 0.3) is 0 Å². The summed E-state index contributed by atoms with van der Waals surface area (Å²) in [7, 11) is 0. The molecule has 5 nitrogen and oxygen atoms in total. The fourth-order valence-corrected chi connectivity index (χ4v) is 3.79. The first kappa shape index (κ1) is 14.2. The van der Waals surface area contributed by atoms with Crippen LogP contribution in [0.3, 0.4) is 0 Å². The lowest BCUT2D eigenvalue weighted by molar-refractivity contribution is 0.321. The van der Waals surface area contributed by atoms with Gasteiger partial charge in [-0.1, -0.05) is 0 Å². The van der Waals surface area contributed by atoms with Crippen molar-refractivity contribution in [1.82, 2.24) is 24.8 Å². The first-order chi connectivity index (χ1) is 10.9. The van der Waals surface area contributed by atoms with Crippen LogP contribution in [0.15, 0.2) is 18.3 Å². The summed E-state index contributed by atoms with van der Waals surface area (Å²) in [5.74, 6) is 1.95. The van der Waals surface area contributed by atoms with Crippen molar-refractivity contribution in [3.63, 3.8) is 0 Å². The number of fused-ring (bicyclic) bond motifs is 1. The van der Waals surface area contributed by atoms with E-state index in [2.05, 4.69) is 25.8 Å². The van der Waals surface area contributed by atoms with E-state index < -0.39 is 0 Å². The summed E-state index contributed by atoms with van der Waals surface area (Å²) in [6.45, 7) is 6.92. The highest BCUT2D eigenvalue weighted by Crippen LogP contribution is 2.20. The van der Waals surface area contributed by atoms with E-state index in [1.165, 1.54) is 38.2 Å². The number of imidazole rings is 1. The Morgan fingerprint density at radius 2 is 2.14 bits per heavy atom. The number of nitrogens with one attached hydrogen (secondary N) is 1. The van der Waals surface area contributed by atoms with Gasteiger partial charge < -0.3 is 14.8 Å². The summed E-state index contributed by atoms with van der Waals surface area (Å²) >= 11 is 0. The fourth-order valence-electron chi connectivity index (χ4n) is 3.79. The Hall–Kier alpha value is -1.46. The maximum absolute atomic E-state index is 4.88. The predicted molar refractivity (Wildman–Crippen MR) is 87.9 cm³/mol. The molecule has 2 aliphatic heterocycles. The van der Waals surface area contributed by atoms with Gasteiger partial charge in [0.2, 0.25) is 0 Å². The van der Waals surface area contributed by atoms with Crippen molar-refractivity contribution in [3.05, 3.63) is 24.2 Å². The highest BCUT2D eigenvalue weighted by Gasteiger charge is 2.20. The SMILES string of the molecule is c1cnc2c(c1)nc(CC1CCNC1)n2CCN1CCCC1. The van der Waals surface area contributed by atoms with E-state index in [0.717, 1.165) is 49.7 Å². The van der Waals surface area contributed by atoms with Gasteiger partial charge in [-0.3, -0.25) is 0 Å². The number of hydrogen-bond donors (Lipinski definition) is 1. The normalized spacial score (nSPS) is 22.8. The molecule has 22 heavy (non-hydrogen) atoms. The van der Waals surface area contributed by atoms with Crippen LogP contribution in [0.5, 0.6) is 0 Å². The highest BCUT2D eigenvalue weighted by atomic mass is 15.2. The van der Waals surface area contributed by atoms with Crippen LogP contribution in [0.1, 0.15) is 25.1 Å². The first-order valence-electron chi connectivity index (χ1n) is 8.63. The minimum absolute atomic E-state index is 0.724. The third kappa shape index (κ3) is 2.88. The largest absolute Gasteiger partial charge is 0.316 e. The fraction of sp³-hybridized carbons (Fsp3) is 0.647. The predicted octanol–water partition coefficient (Wildman–Crippen LogP) is 1.68. The highest BCUT2D eigenvalue weighted by molar-refractivity contribution is 5.71. The lowest BCUT2D eigenvalue weighted by Crippen LogP contribution is -2.25. The number of rotatable bonds is 5. The van der Waals surface area contributed by atoms with Crippen LogP contribution in [0, 0.1) is 5.92 Å². The lowest BCUT2D eigenvalue weighted by Gasteiger charge is -2.17. The van der Waals surface area contributed by atoms with Crippen LogP contribution in [0.2, 0.25) is 0 Å². The number of aromatic nitrogens is 3. The van der Waals surface area contributed by atoms with Gasteiger partial charge in [-0.15, -0.1) is 0 Å². The summed E-state index contributed by atoms with van der Waals surface area (Å²) in [4.78, 5) is 12.0. The molecule has 5 heteroatoms. The number of nitrogens with zero attached hydrogens (tertiary/aromatic N) is 4. The molecule has 2 fully saturated rings. The molecule has 2 saturated heterocycles. The van der Waals surface area contributed by atoms with Crippen LogP contribution in [0.4, 0.5) is 0 Å². The van der Waals surface area contributed by atoms with E-state index >= 15 is 0 Å². The van der Waals surface area contributed by atoms with Gasteiger partial charge >= 0.3 is 0 Å². The molecule has 0 aromatic carbocycles. The molecular formula is C17H25N5. The van der Waals surface area contributed by atoms with Crippen LogP contribution < -0.4 is 5.32 Å². The molecule has 1 unspecified atom stereocenters. The Labute approximate surface area is 131 Å². The molecular weight excluding hydrogens is 274 g/mol. The Morgan fingerprint density at radius 1 is 1.23 bits per heavy atom. The molecule has 0 amide bonds. The minimum atomic E-state index is 0.724. The molecule has 4 heterocycles. The molecule has 0 aliphatic carbocycles. The van der Waals surface area contributed by atoms with E-state index in [0.29, 0.717) is 0 Å².